The summed E-state index contributed by atoms with van der Waals surface area (Å²) in [6, 6.07) is -1.25. The second-order valence-corrected chi connectivity index (χ2v) is 11.4. The van der Waals surface area contributed by atoms with Crippen LogP contribution in [-0.4, -0.2) is 84.3 Å². The number of rotatable bonds is 10. The third-order valence-electron chi connectivity index (χ3n) is 4.72. The molecule has 1 saturated heterocycles. The Kier molecular flexibility index (Phi) is 7.90. The number of hydrogen-bond acceptors (Lipinski definition) is 14. The van der Waals surface area contributed by atoms with Crippen molar-refractivity contribution in [1.29, 1.82) is 0 Å². The van der Waals surface area contributed by atoms with Crippen molar-refractivity contribution in [3.05, 3.63) is 27.9 Å². The van der Waals surface area contributed by atoms with Crippen LogP contribution in [-0.2, 0) is 19.2 Å². The van der Waals surface area contributed by atoms with Gasteiger partial charge in [-0.2, -0.15) is 0 Å². The van der Waals surface area contributed by atoms with E-state index in [2.05, 4.69) is 25.7 Å². The van der Waals surface area contributed by atoms with Crippen molar-refractivity contribution in [3.63, 3.8) is 0 Å². The molecule has 0 saturated carbocycles. The number of oxime groups is 1. The maximum atomic E-state index is 13.0. The van der Waals surface area contributed by atoms with Crippen LogP contribution in [0.25, 0.3) is 0 Å². The van der Waals surface area contributed by atoms with E-state index in [4.69, 9.17) is 16.3 Å². The molecule has 2 aromatic rings. The van der Waals surface area contributed by atoms with Crippen LogP contribution in [0.4, 0.5) is 5.13 Å². The van der Waals surface area contributed by atoms with Crippen LogP contribution in [0.2, 0.25) is 0 Å². The topological polar surface area (TPSA) is 199 Å². The number of carboxylic acid groups (broad SMARTS) is 1. The Labute approximate surface area is 215 Å². The predicted octanol–water partition coefficient (Wildman–Crippen LogP) is 0.176. The smallest absolute Gasteiger partial charge is 0.352 e. The number of carboxylic acids is 1. The monoisotopic (exact) mass is 556 g/mol. The summed E-state index contributed by atoms with van der Waals surface area (Å²) < 4.78 is 0.704. The Balaban J connectivity index is 1.48. The van der Waals surface area contributed by atoms with Crippen LogP contribution in [0.3, 0.4) is 0 Å². The zero-order chi connectivity index (χ0) is 25.1. The van der Waals surface area contributed by atoms with Crippen molar-refractivity contribution in [1.82, 2.24) is 25.4 Å². The molecule has 4 heterocycles. The molecule has 17 heteroatoms. The van der Waals surface area contributed by atoms with Crippen molar-refractivity contribution in [2.75, 3.05) is 23.8 Å². The van der Waals surface area contributed by atoms with E-state index in [0.29, 0.717) is 21.4 Å². The highest BCUT2D eigenvalue weighted by molar-refractivity contribution is 8.01. The highest BCUT2D eigenvalue weighted by Gasteiger charge is 2.54. The number of nitrogen functional groups attached to an aromatic ring is 1. The van der Waals surface area contributed by atoms with Crippen LogP contribution in [0.1, 0.15) is 12.6 Å². The molecule has 0 aliphatic carbocycles. The summed E-state index contributed by atoms with van der Waals surface area (Å²) in [5, 5.41) is 25.2. The first-order valence-electron chi connectivity index (χ1n) is 10.0. The number of aliphatic carboxylic acids is 1. The van der Waals surface area contributed by atoms with Gasteiger partial charge < -0.3 is 26.7 Å². The standard InChI is InChI=1S/C18H20N8O5S4/c1-7(19)2-31-25-10(9-5-33-17(20)22-9)13(27)23-11-14(28)26-12(16(29)30)8(3-32-15(11)26)4-34-18-24-21-6-35-18/h5-7,11,15H,2-4,19H2,1H3,(H2,20,22)(H,23,27)(H,29,30)/b25-10-/t7?,11?,15-/m1/s1. The molecule has 13 nitrogen and oxygen atoms in total. The maximum absolute atomic E-state index is 13.0. The highest BCUT2D eigenvalue weighted by atomic mass is 32.2. The number of hydrogen-bond donors (Lipinski definition) is 4. The lowest BCUT2D eigenvalue weighted by molar-refractivity contribution is -0.150. The second-order valence-electron chi connectivity index (χ2n) is 7.40. The summed E-state index contributed by atoms with van der Waals surface area (Å²) in [4.78, 5) is 48.4. The van der Waals surface area contributed by atoms with Gasteiger partial charge in [-0.3, -0.25) is 14.5 Å². The Hall–Kier alpha value is -2.73. The molecule has 35 heavy (non-hydrogen) atoms. The minimum Gasteiger partial charge on any atom is -0.477 e. The van der Waals surface area contributed by atoms with Gasteiger partial charge in [0.05, 0.1) is 0 Å². The Morgan fingerprint density at radius 3 is 2.89 bits per heavy atom. The average Bonchev–Trinajstić information content (AvgIpc) is 3.49. The molecule has 0 radical (unpaired) electrons. The maximum Gasteiger partial charge on any atom is 0.352 e. The van der Waals surface area contributed by atoms with Crippen molar-refractivity contribution in [2.45, 2.75) is 28.7 Å². The Bertz CT molecular complexity index is 1180. The minimum absolute atomic E-state index is 0.0651. The van der Waals surface area contributed by atoms with Gasteiger partial charge >= 0.3 is 5.97 Å². The number of nitrogens with zero attached hydrogens (tertiary/aromatic N) is 5. The van der Waals surface area contributed by atoms with E-state index in [-0.39, 0.29) is 34.9 Å². The van der Waals surface area contributed by atoms with Crippen LogP contribution >= 0.6 is 46.2 Å². The number of anilines is 1. The lowest BCUT2D eigenvalue weighted by atomic mass is 10.0. The molecule has 2 aliphatic rings. The number of amides is 2. The molecule has 4 rings (SSSR count). The van der Waals surface area contributed by atoms with Crippen molar-refractivity contribution >= 4 is 74.8 Å². The molecule has 0 bridgehead atoms. The Morgan fingerprint density at radius 2 is 2.26 bits per heavy atom. The van der Waals surface area contributed by atoms with E-state index in [1.807, 2.05) is 0 Å². The number of fused-ring (bicyclic) bond motifs is 1. The van der Waals surface area contributed by atoms with Gasteiger partial charge in [0.1, 0.15) is 34.9 Å². The van der Waals surface area contributed by atoms with Gasteiger partial charge in [0.2, 0.25) is 0 Å². The van der Waals surface area contributed by atoms with Gasteiger partial charge in [0, 0.05) is 22.9 Å². The van der Waals surface area contributed by atoms with Gasteiger partial charge in [-0.05, 0) is 12.5 Å². The summed E-state index contributed by atoms with van der Waals surface area (Å²) in [5.41, 5.74) is 13.5. The highest BCUT2D eigenvalue weighted by Crippen LogP contribution is 2.41. The molecule has 2 aromatic heterocycles. The largest absolute Gasteiger partial charge is 0.477 e. The number of aromatic nitrogens is 3. The third-order valence-corrected chi connectivity index (χ3v) is 8.68. The van der Waals surface area contributed by atoms with E-state index in [1.54, 1.807) is 17.8 Å². The number of thiazole rings is 1. The van der Waals surface area contributed by atoms with Crippen LogP contribution < -0.4 is 16.8 Å². The first-order valence-corrected chi connectivity index (χ1v) is 13.8. The lowest BCUT2D eigenvalue weighted by Crippen LogP contribution is -2.71. The fourth-order valence-electron chi connectivity index (χ4n) is 3.20. The zero-order valence-electron chi connectivity index (χ0n) is 18.1. The van der Waals surface area contributed by atoms with Gasteiger partial charge in [-0.25, -0.2) is 9.78 Å². The van der Waals surface area contributed by atoms with Gasteiger partial charge in [-0.1, -0.05) is 28.3 Å². The second kappa shape index (κ2) is 10.9. The molecule has 2 amide bonds. The molecular formula is C18H20N8O5S4. The van der Waals surface area contributed by atoms with E-state index >= 15 is 0 Å². The fourth-order valence-corrected chi connectivity index (χ4v) is 6.72. The predicted molar refractivity (Wildman–Crippen MR) is 133 cm³/mol. The number of β-lactam (4-membered cyclic amide) rings is 1. The van der Waals surface area contributed by atoms with Crippen molar-refractivity contribution < 1.29 is 24.3 Å². The van der Waals surface area contributed by atoms with E-state index in [0.717, 1.165) is 11.3 Å². The number of thioether (sulfide) groups is 2. The first-order chi connectivity index (χ1) is 16.8. The average molecular weight is 557 g/mol. The summed E-state index contributed by atoms with van der Waals surface area (Å²) >= 11 is 5.19. The lowest BCUT2D eigenvalue weighted by Gasteiger charge is -2.49. The number of nitrogens with one attached hydrogen (secondary N) is 1. The first kappa shape index (κ1) is 25.4. The minimum atomic E-state index is -1.20. The summed E-state index contributed by atoms with van der Waals surface area (Å²) in [5.74, 6) is -1.69. The van der Waals surface area contributed by atoms with Gasteiger partial charge in [0.15, 0.2) is 15.2 Å². The molecule has 186 valence electrons. The summed E-state index contributed by atoms with van der Waals surface area (Å²) in [7, 11) is 0. The van der Waals surface area contributed by atoms with Gasteiger partial charge in [0.25, 0.3) is 11.8 Å². The molecule has 6 N–H and O–H groups in total. The van der Waals surface area contributed by atoms with Crippen molar-refractivity contribution in [2.24, 2.45) is 10.9 Å². The summed E-state index contributed by atoms with van der Waals surface area (Å²) in [6.45, 7) is 1.78. The molecule has 1 fully saturated rings. The third kappa shape index (κ3) is 5.58. The molecule has 3 atom stereocenters. The summed E-state index contributed by atoms with van der Waals surface area (Å²) in [6.07, 6.45) is 0. The SMILES string of the molecule is CC(N)CO/N=C(\C(=O)NC1C(=O)N2C(C(=O)O)=C(CSc3nncs3)CS[C@H]12)c1csc(N)n1. The van der Waals surface area contributed by atoms with E-state index in [1.165, 1.54) is 39.8 Å². The van der Waals surface area contributed by atoms with Crippen LogP contribution in [0, 0.1) is 0 Å². The van der Waals surface area contributed by atoms with E-state index < -0.39 is 29.2 Å². The fraction of sp³-hybridized carbons (Fsp3) is 0.389. The zero-order valence-corrected chi connectivity index (χ0v) is 21.4. The Morgan fingerprint density at radius 1 is 1.46 bits per heavy atom. The normalized spacial score (nSPS) is 20.8. The van der Waals surface area contributed by atoms with Crippen LogP contribution in [0.5, 0.6) is 0 Å². The van der Waals surface area contributed by atoms with Crippen molar-refractivity contribution in [3.8, 4) is 0 Å². The molecule has 0 aromatic carbocycles. The number of carbonyl (C=O) groups is 3. The molecule has 2 aliphatic heterocycles. The van der Waals surface area contributed by atoms with Crippen LogP contribution in [0.15, 0.2) is 31.7 Å². The quantitative estimate of drug-likeness (QED) is 0.134. The number of carbonyl (C=O) groups excluding carboxylic acids is 2. The number of nitrogens with two attached hydrogens (primary N) is 2. The molecule has 2 unspecified atom stereocenters. The van der Waals surface area contributed by atoms with Gasteiger partial charge in [-0.15, -0.1) is 33.3 Å². The molecule has 0 spiro atoms. The molecular weight excluding hydrogens is 537 g/mol. The van der Waals surface area contributed by atoms with E-state index in [9.17, 15) is 19.5 Å².